The number of aromatic nitrogens is 3. The number of H-pyrrole nitrogens is 1. The Hall–Kier alpha value is -1.69. The van der Waals surface area contributed by atoms with Gasteiger partial charge in [0.25, 0.3) is 0 Å². The molecule has 100 valence electrons. The molecule has 1 aliphatic heterocycles. The molecule has 3 rings (SSSR count). The van der Waals surface area contributed by atoms with Crippen LogP contribution in [0.2, 0.25) is 0 Å². The number of amides is 1. The number of hydrogen-bond donors (Lipinski definition) is 1. The normalized spacial score (nSPS) is 19.0. The van der Waals surface area contributed by atoms with E-state index in [0.717, 1.165) is 35.8 Å². The molecule has 1 aliphatic rings. The lowest BCUT2D eigenvalue weighted by Gasteiger charge is -2.23. The summed E-state index contributed by atoms with van der Waals surface area (Å²) in [5.74, 6) is 0.155. The first kappa shape index (κ1) is 12.3. The van der Waals surface area contributed by atoms with Crippen LogP contribution in [0.3, 0.4) is 0 Å². The standard InChI is InChI=1S/C13H16N4OS/c1-9-15-10(8-19-9)7-13(18)17-6-2-3-12(17)11-4-5-14-16-11/h4-5,8,12H,2-3,6-7H2,1H3,(H,14,16). The zero-order valence-electron chi connectivity index (χ0n) is 10.8. The van der Waals surface area contributed by atoms with Crippen LogP contribution in [-0.2, 0) is 11.2 Å². The molecule has 0 bridgehead atoms. The highest BCUT2D eigenvalue weighted by atomic mass is 32.1. The highest BCUT2D eigenvalue weighted by molar-refractivity contribution is 7.09. The van der Waals surface area contributed by atoms with Gasteiger partial charge in [-0.1, -0.05) is 0 Å². The van der Waals surface area contributed by atoms with Crippen molar-refractivity contribution in [3.05, 3.63) is 34.0 Å². The van der Waals surface area contributed by atoms with Crippen LogP contribution < -0.4 is 0 Å². The molecule has 2 aromatic heterocycles. The fraction of sp³-hybridized carbons (Fsp3) is 0.462. The lowest BCUT2D eigenvalue weighted by Crippen LogP contribution is -2.32. The molecule has 1 fully saturated rings. The van der Waals surface area contributed by atoms with Gasteiger partial charge in [0, 0.05) is 18.1 Å². The van der Waals surface area contributed by atoms with Gasteiger partial charge in [0.1, 0.15) is 0 Å². The van der Waals surface area contributed by atoms with Gasteiger partial charge in [0.2, 0.25) is 5.91 Å². The number of nitrogens with one attached hydrogen (secondary N) is 1. The van der Waals surface area contributed by atoms with E-state index in [1.54, 1.807) is 17.5 Å². The minimum Gasteiger partial charge on any atom is -0.334 e. The van der Waals surface area contributed by atoms with Gasteiger partial charge < -0.3 is 4.90 Å². The van der Waals surface area contributed by atoms with Crippen LogP contribution in [0.4, 0.5) is 0 Å². The number of carbonyl (C=O) groups excluding carboxylic acids is 1. The van der Waals surface area contributed by atoms with Gasteiger partial charge in [-0.05, 0) is 25.8 Å². The van der Waals surface area contributed by atoms with E-state index in [9.17, 15) is 4.79 Å². The maximum absolute atomic E-state index is 12.4. The zero-order chi connectivity index (χ0) is 13.2. The largest absolute Gasteiger partial charge is 0.334 e. The van der Waals surface area contributed by atoms with Crippen LogP contribution in [-0.4, -0.2) is 32.5 Å². The van der Waals surface area contributed by atoms with E-state index in [1.165, 1.54) is 0 Å². The second kappa shape index (κ2) is 5.13. The van der Waals surface area contributed by atoms with Crippen LogP contribution in [0.1, 0.15) is 35.3 Å². The quantitative estimate of drug-likeness (QED) is 0.933. The summed E-state index contributed by atoms with van der Waals surface area (Å²) in [6.45, 7) is 2.79. The van der Waals surface area contributed by atoms with Crippen molar-refractivity contribution >= 4 is 17.2 Å². The molecule has 0 aliphatic carbocycles. The molecule has 1 atom stereocenters. The second-order valence-corrected chi connectivity index (χ2v) is 5.85. The Morgan fingerprint density at radius 2 is 2.53 bits per heavy atom. The van der Waals surface area contributed by atoms with Gasteiger partial charge in [-0.25, -0.2) is 4.98 Å². The van der Waals surface area contributed by atoms with Crippen molar-refractivity contribution in [2.45, 2.75) is 32.2 Å². The number of rotatable bonds is 3. The molecule has 6 heteroatoms. The van der Waals surface area contributed by atoms with Crippen LogP contribution in [0, 0.1) is 6.92 Å². The topological polar surface area (TPSA) is 61.9 Å². The van der Waals surface area contributed by atoms with Crippen molar-refractivity contribution in [3.63, 3.8) is 0 Å². The zero-order valence-corrected chi connectivity index (χ0v) is 11.6. The van der Waals surface area contributed by atoms with Crippen molar-refractivity contribution in [1.29, 1.82) is 0 Å². The maximum Gasteiger partial charge on any atom is 0.229 e. The highest BCUT2D eigenvalue weighted by Gasteiger charge is 2.30. The number of nitrogens with zero attached hydrogens (tertiary/aromatic N) is 3. The Labute approximate surface area is 115 Å². The minimum atomic E-state index is 0.148. The maximum atomic E-state index is 12.4. The molecule has 0 aromatic carbocycles. The SMILES string of the molecule is Cc1nc(CC(=O)N2CCCC2c2ccn[nH]2)cs1. The minimum absolute atomic E-state index is 0.148. The molecule has 3 heterocycles. The second-order valence-electron chi connectivity index (χ2n) is 4.79. The monoisotopic (exact) mass is 276 g/mol. The lowest BCUT2D eigenvalue weighted by molar-refractivity contribution is -0.131. The van der Waals surface area contributed by atoms with E-state index < -0.39 is 0 Å². The summed E-state index contributed by atoms with van der Waals surface area (Å²) in [7, 11) is 0. The fourth-order valence-corrected chi connectivity index (χ4v) is 3.20. The molecule has 1 saturated heterocycles. The summed E-state index contributed by atoms with van der Waals surface area (Å²) >= 11 is 1.59. The molecule has 19 heavy (non-hydrogen) atoms. The van der Waals surface area contributed by atoms with E-state index >= 15 is 0 Å². The predicted octanol–water partition coefficient (Wildman–Crippen LogP) is 2.08. The summed E-state index contributed by atoms with van der Waals surface area (Å²) in [5.41, 5.74) is 1.91. The molecule has 5 nitrogen and oxygen atoms in total. The van der Waals surface area contributed by atoms with Gasteiger partial charge in [-0.2, -0.15) is 5.10 Å². The average molecular weight is 276 g/mol. The van der Waals surface area contributed by atoms with Crippen LogP contribution in [0.5, 0.6) is 0 Å². The first-order valence-electron chi connectivity index (χ1n) is 6.44. The van der Waals surface area contributed by atoms with Crippen LogP contribution in [0.25, 0.3) is 0 Å². The number of likely N-dealkylation sites (tertiary alicyclic amines) is 1. The van der Waals surface area contributed by atoms with Crippen molar-refractivity contribution in [2.75, 3.05) is 6.54 Å². The van der Waals surface area contributed by atoms with Crippen LogP contribution >= 0.6 is 11.3 Å². The lowest BCUT2D eigenvalue weighted by atomic mass is 10.1. The van der Waals surface area contributed by atoms with E-state index in [4.69, 9.17) is 0 Å². The van der Waals surface area contributed by atoms with Crippen molar-refractivity contribution in [1.82, 2.24) is 20.1 Å². The first-order valence-corrected chi connectivity index (χ1v) is 7.32. The fourth-order valence-electron chi connectivity index (χ4n) is 2.59. The third-order valence-corrected chi connectivity index (χ3v) is 4.28. The Morgan fingerprint density at radius 1 is 1.63 bits per heavy atom. The molecule has 0 spiro atoms. The summed E-state index contributed by atoms with van der Waals surface area (Å²) < 4.78 is 0. The average Bonchev–Trinajstić information content (AvgIpc) is 3.07. The molecular weight excluding hydrogens is 260 g/mol. The van der Waals surface area contributed by atoms with Crippen molar-refractivity contribution in [2.24, 2.45) is 0 Å². The summed E-state index contributed by atoms with van der Waals surface area (Å²) in [6.07, 6.45) is 4.19. The van der Waals surface area contributed by atoms with E-state index in [1.807, 2.05) is 23.3 Å². The molecule has 2 aromatic rings. The molecule has 0 radical (unpaired) electrons. The number of aromatic amines is 1. The molecule has 1 N–H and O–H groups in total. The third-order valence-electron chi connectivity index (χ3n) is 3.45. The summed E-state index contributed by atoms with van der Waals surface area (Å²) in [5, 5.41) is 9.92. The summed E-state index contributed by atoms with van der Waals surface area (Å²) in [6, 6.07) is 2.10. The Bertz CT molecular complexity index is 563. The summed E-state index contributed by atoms with van der Waals surface area (Å²) in [4.78, 5) is 18.7. The molecule has 0 saturated carbocycles. The smallest absolute Gasteiger partial charge is 0.229 e. The highest BCUT2D eigenvalue weighted by Crippen LogP contribution is 2.31. The Kier molecular flexibility index (Phi) is 3.33. The van der Waals surface area contributed by atoms with Gasteiger partial charge in [0.15, 0.2) is 0 Å². The molecule has 1 amide bonds. The van der Waals surface area contributed by atoms with Gasteiger partial charge in [-0.15, -0.1) is 11.3 Å². The van der Waals surface area contributed by atoms with E-state index in [2.05, 4.69) is 15.2 Å². The first-order chi connectivity index (χ1) is 9.24. The number of aryl methyl sites for hydroxylation is 1. The van der Waals surface area contributed by atoms with E-state index in [0.29, 0.717) is 6.42 Å². The van der Waals surface area contributed by atoms with Gasteiger partial charge in [0.05, 0.1) is 28.9 Å². The van der Waals surface area contributed by atoms with Crippen molar-refractivity contribution in [3.8, 4) is 0 Å². The third kappa shape index (κ3) is 2.53. The predicted molar refractivity (Wildman–Crippen MR) is 72.8 cm³/mol. The van der Waals surface area contributed by atoms with Crippen molar-refractivity contribution < 1.29 is 4.79 Å². The number of hydrogen-bond acceptors (Lipinski definition) is 4. The molecular formula is C13H16N4OS. The number of carbonyl (C=O) groups is 1. The Morgan fingerprint density at radius 3 is 3.21 bits per heavy atom. The van der Waals surface area contributed by atoms with E-state index in [-0.39, 0.29) is 11.9 Å². The van der Waals surface area contributed by atoms with Crippen LogP contribution in [0.15, 0.2) is 17.6 Å². The van der Waals surface area contributed by atoms with Gasteiger partial charge >= 0.3 is 0 Å². The number of thiazole rings is 1. The molecule has 1 unspecified atom stereocenters. The Balaban J connectivity index is 1.72. The van der Waals surface area contributed by atoms with Gasteiger partial charge in [-0.3, -0.25) is 9.89 Å².